The fourth-order valence-electron chi connectivity index (χ4n) is 2.79. The second-order valence-corrected chi connectivity index (χ2v) is 7.58. The SMILES string of the molecule is CS(=O)(=O)NCC1CCCN(Cc2ccccc2[N+](=O)[O-])C1. The molecule has 1 N–H and O–H groups in total. The average molecular weight is 327 g/mol. The lowest BCUT2D eigenvalue weighted by Crippen LogP contribution is -2.40. The third kappa shape index (κ3) is 5.04. The number of nitro groups is 1. The van der Waals surface area contributed by atoms with E-state index in [4.69, 9.17) is 0 Å². The zero-order valence-corrected chi connectivity index (χ0v) is 13.4. The highest BCUT2D eigenvalue weighted by molar-refractivity contribution is 7.88. The van der Waals surface area contributed by atoms with Gasteiger partial charge in [-0.1, -0.05) is 18.2 Å². The molecule has 8 heteroatoms. The topological polar surface area (TPSA) is 92.6 Å². The Kier molecular flexibility index (Phi) is 5.49. The molecule has 1 atom stereocenters. The summed E-state index contributed by atoms with van der Waals surface area (Å²) in [4.78, 5) is 12.8. The summed E-state index contributed by atoms with van der Waals surface area (Å²) >= 11 is 0. The zero-order valence-electron chi connectivity index (χ0n) is 12.6. The number of para-hydroxylation sites is 1. The Morgan fingerprint density at radius 2 is 2.14 bits per heavy atom. The van der Waals surface area contributed by atoms with Gasteiger partial charge < -0.3 is 0 Å². The van der Waals surface area contributed by atoms with Gasteiger partial charge in [-0.05, 0) is 25.3 Å². The lowest BCUT2D eigenvalue weighted by Gasteiger charge is -2.32. The molecule has 1 aliphatic heterocycles. The second-order valence-electron chi connectivity index (χ2n) is 5.75. The lowest BCUT2D eigenvalue weighted by molar-refractivity contribution is -0.385. The van der Waals surface area contributed by atoms with Crippen molar-refractivity contribution in [3.05, 3.63) is 39.9 Å². The number of nitro benzene ring substituents is 1. The monoisotopic (exact) mass is 327 g/mol. The maximum absolute atomic E-state index is 11.2. The molecule has 7 nitrogen and oxygen atoms in total. The molecule has 1 unspecified atom stereocenters. The summed E-state index contributed by atoms with van der Waals surface area (Å²) in [5.41, 5.74) is 0.836. The molecule has 1 saturated heterocycles. The molecule has 0 bridgehead atoms. The van der Waals surface area contributed by atoms with E-state index in [1.807, 2.05) is 0 Å². The molecule has 122 valence electrons. The minimum Gasteiger partial charge on any atom is -0.298 e. The number of piperidine rings is 1. The number of hydrogen-bond donors (Lipinski definition) is 1. The van der Waals surface area contributed by atoms with Gasteiger partial charge in [-0.15, -0.1) is 0 Å². The number of likely N-dealkylation sites (tertiary alicyclic amines) is 1. The standard InChI is InChI=1S/C14H21N3O4S/c1-22(20,21)15-9-12-5-4-8-16(10-12)11-13-6-2-3-7-14(13)17(18)19/h2-3,6-7,12,15H,4-5,8-11H2,1H3. The molecule has 22 heavy (non-hydrogen) atoms. The number of nitrogens with one attached hydrogen (secondary N) is 1. The van der Waals surface area contributed by atoms with Crippen LogP contribution in [0.5, 0.6) is 0 Å². The van der Waals surface area contributed by atoms with Crippen LogP contribution in [0.1, 0.15) is 18.4 Å². The fourth-order valence-corrected chi connectivity index (χ4v) is 3.33. The summed E-state index contributed by atoms with van der Waals surface area (Å²) < 4.78 is 24.9. The van der Waals surface area contributed by atoms with Crippen molar-refractivity contribution in [2.75, 3.05) is 25.9 Å². The van der Waals surface area contributed by atoms with Crippen LogP contribution in [-0.2, 0) is 16.6 Å². The van der Waals surface area contributed by atoms with Crippen molar-refractivity contribution in [3.63, 3.8) is 0 Å². The molecule has 0 aliphatic carbocycles. The van der Waals surface area contributed by atoms with Crippen LogP contribution >= 0.6 is 0 Å². The molecule has 0 spiro atoms. The van der Waals surface area contributed by atoms with Crippen LogP contribution in [0.25, 0.3) is 0 Å². The Hall–Kier alpha value is -1.51. The highest BCUT2D eigenvalue weighted by atomic mass is 32.2. The lowest BCUT2D eigenvalue weighted by atomic mass is 9.97. The van der Waals surface area contributed by atoms with Crippen molar-refractivity contribution < 1.29 is 13.3 Å². The van der Waals surface area contributed by atoms with E-state index >= 15 is 0 Å². The predicted octanol–water partition coefficient (Wildman–Crippen LogP) is 1.36. The summed E-state index contributed by atoms with van der Waals surface area (Å²) in [5.74, 6) is 0.242. The maximum atomic E-state index is 11.2. The van der Waals surface area contributed by atoms with Crippen molar-refractivity contribution in [3.8, 4) is 0 Å². The van der Waals surface area contributed by atoms with Gasteiger partial charge >= 0.3 is 0 Å². The molecule has 1 fully saturated rings. The van der Waals surface area contributed by atoms with E-state index < -0.39 is 10.0 Å². The van der Waals surface area contributed by atoms with Crippen LogP contribution in [0.15, 0.2) is 24.3 Å². The third-order valence-electron chi connectivity index (χ3n) is 3.82. The number of benzene rings is 1. The van der Waals surface area contributed by atoms with Crippen LogP contribution in [0, 0.1) is 16.0 Å². The third-order valence-corrected chi connectivity index (χ3v) is 4.51. The van der Waals surface area contributed by atoms with E-state index in [2.05, 4.69) is 9.62 Å². The van der Waals surface area contributed by atoms with Gasteiger partial charge in [0.1, 0.15) is 0 Å². The smallest absolute Gasteiger partial charge is 0.273 e. The van der Waals surface area contributed by atoms with Crippen molar-refractivity contribution in [2.24, 2.45) is 5.92 Å². The Labute approximate surface area is 130 Å². The minimum atomic E-state index is -3.18. The molecule has 1 heterocycles. The van der Waals surface area contributed by atoms with Gasteiger partial charge in [0.2, 0.25) is 10.0 Å². The van der Waals surface area contributed by atoms with Gasteiger partial charge in [-0.3, -0.25) is 15.0 Å². The minimum absolute atomic E-state index is 0.138. The first-order valence-electron chi connectivity index (χ1n) is 7.24. The molecule has 1 aliphatic rings. The van der Waals surface area contributed by atoms with Gasteiger partial charge in [0, 0.05) is 31.3 Å². The molecular weight excluding hydrogens is 306 g/mol. The van der Waals surface area contributed by atoms with Crippen molar-refractivity contribution >= 4 is 15.7 Å². The molecule has 1 aromatic rings. The Morgan fingerprint density at radius 3 is 2.82 bits per heavy atom. The normalized spacial score (nSPS) is 20.0. The van der Waals surface area contributed by atoms with E-state index in [1.165, 1.54) is 6.07 Å². The predicted molar refractivity (Wildman–Crippen MR) is 83.9 cm³/mol. The van der Waals surface area contributed by atoms with Crippen LogP contribution in [-0.4, -0.2) is 44.1 Å². The van der Waals surface area contributed by atoms with Gasteiger partial charge in [0.15, 0.2) is 0 Å². The summed E-state index contributed by atoms with van der Waals surface area (Å²) in [5, 5.41) is 11.1. The summed E-state index contributed by atoms with van der Waals surface area (Å²) in [6.07, 6.45) is 3.09. The van der Waals surface area contributed by atoms with Crippen LogP contribution < -0.4 is 4.72 Å². The van der Waals surface area contributed by atoms with E-state index in [-0.39, 0.29) is 16.5 Å². The highest BCUT2D eigenvalue weighted by Crippen LogP contribution is 2.23. The molecule has 0 radical (unpaired) electrons. The Balaban J connectivity index is 1.97. The largest absolute Gasteiger partial charge is 0.298 e. The Morgan fingerprint density at radius 1 is 1.41 bits per heavy atom. The zero-order chi connectivity index (χ0) is 16.2. The highest BCUT2D eigenvalue weighted by Gasteiger charge is 2.23. The van der Waals surface area contributed by atoms with Gasteiger partial charge in [-0.25, -0.2) is 13.1 Å². The van der Waals surface area contributed by atoms with E-state index in [9.17, 15) is 18.5 Å². The summed E-state index contributed by atoms with van der Waals surface area (Å²) in [6.45, 7) is 2.56. The number of sulfonamides is 1. The Bertz CT molecular complexity index is 633. The van der Waals surface area contributed by atoms with E-state index in [0.717, 1.165) is 32.2 Å². The first-order chi connectivity index (χ1) is 10.3. The molecule has 1 aromatic carbocycles. The van der Waals surface area contributed by atoms with Crippen LogP contribution in [0.3, 0.4) is 0 Å². The molecule has 0 aromatic heterocycles. The van der Waals surface area contributed by atoms with Crippen LogP contribution in [0.4, 0.5) is 5.69 Å². The number of hydrogen-bond acceptors (Lipinski definition) is 5. The molecule has 0 saturated carbocycles. The maximum Gasteiger partial charge on any atom is 0.273 e. The van der Waals surface area contributed by atoms with Crippen molar-refractivity contribution in [1.29, 1.82) is 0 Å². The van der Waals surface area contributed by atoms with Gasteiger partial charge in [0.25, 0.3) is 5.69 Å². The first-order valence-corrected chi connectivity index (χ1v) is 9.13. The number of nitrogens with zero attached hydrogens (tertiary/aromatic N) is 2. The van der Waals surface area contributed by atoms with Crippen LogP contribution in [0.2, 0.25) is 0 Å². The molecule has 0 amide bonds. The fraction of sp³-hybridized carbons (Fsp3) is 0.571. The van der Waals surface area contributed by atoms with Gasteiger partial charge in [0.05, 0.1) is 11.2 Å². The molecular formula is C14H21N3O4S. The van der Waals surface area contributed by atoms with Crippen molar-refractivity contribution in [1.82, 2.24) is 9.62 Å². The van der Waals surface area contributed by atoms with E-state index in [0.29, 0.717) is 18.7 Å². The number of rotatable bonds is 6. The first kappa shape index (κ1) is 16.9. The second kappa shape index (κ2) is 7.17. The van der Waals surface area contributed by atoms with Crippen molar-refractivity contribution in [2.45, 2.75) is 19.4 Å². The summed E-state index contributed by atoms with van der Waals surface area (Å²) in [7, 11) is -3.18. The van der Waals surface area contributed by atoms with E-state index in [1.54, 1.807) is 18.2 Å². The van der Waals surface area contributed by atoms with Gasteiger partial charge in [-0.2, -0.15) is 0 Å². The average Bonchev–Trinajstić information content (AvgIpc) is 2.45. The summed E-state index contributed by atoms with van der Waals surface area (Å²) in [6, 6.07) is 6.75. The quantitative estimate of drug-likeness (QED) is 0.629. The molecule has 2 rings (SSSR count).